The van der Waals surface area contributed by atoms with Crippen LogP contribution in [-0.4, -0.2) is 19.6 Å². The first-order valence-electron chi connectivity index (χ1n) is 8.22. The summed E-state index contributed by atoms with van der Waals surface area (Å²) in [5, 5.41) is 11.0. The Balaban J connectivity index is 1.92. The molecule has 2 N–H and O–H groups in total. The lowest BCUT2D eigenvalue weighted by Gasteiger charge is -2.28. The first-order chi connectivity index (χ1) is 11.0. The molecule has 3 rings (SSSR count). The second kappa shape index (κ2) is 6.49. The Bertz CT molecular complexity index is 795. The van der Waals surface area contributed by atoms with Gasteiger partial charge in [-0.2, -0.15) is 0 Å². The van der Waals surface area contributed by atoms with E-state index in [-0.39, 0.29) is 16.7 Å². The number of rotatable bonds is 4. The highest BCUT2D eigenvalue weighted by atomic mass is 32.2. The average Bonchev–Trinajstić information content (AvgIpc) is 2.55. The molecule has 23 heavy (non-hydrogen) atoms. The zero-order valence-electron chi connectivity index (χ0n) is 13.3. The normalized spacial score (nSPS) is 18.1. The second-order valence-electron chi connectivity index (χ2n) is 6.44. The van der Waals surface area contributed by atoms with Crippen molar-refractivity contribution in [1.82, 2.24) is 4.72 Å². The fourth-order valence-corrected chi connectivity index (χ4v) is 5.05. The third-order valence-electron chi connectivity index (χ3n) is 4.85. The smallest absolute Gasteiger partial charge is 0.241 e. The molecule has 0 heterocycles. The van der Waals surface area contributed by atoms with Gasteiger partial charge >= 0.3 is 0 Å². The summed E-state index contributed by atoms with van der Waals surface area (Å²) in [5.41, 5.74) is 0. The summed E-state index contributed by atoms with van der Waals surface area (Å²) in [6.07, 6.45) is 5.77. The number of aromatic hydroxyl groups is 1. The van der Waals surface area contributed by atoms with Crippen LogP contribution in [0.4, 0.5) is 0 Å². The lowest BCUT2D eigenvalue weighted by Crippen LogP contribution is -2.38. The lowest BCUT2D eigenvalue weighted by molar-refractivity contribution is 0.303. The van der Waals surface area contributed by atoms with Crippen LogP contribution >= 0.6 is 0 Å². The van der Waals surface area contributed by atoms with Crippen molar-refractivity contribution < 1.29 is 13.5 Å². The zero-order chi connectivity index (χ0) is 16.4. The predicted octanol–water partition coefficient (Wildman–Crippen LogP) is 3.79. The highest BCUT2D eigenvalue weighted by Gasteiger charge is 2.26. The van der Waals surface area contributed by atoms with Gasteiger partial charge in [-0.15, -0.1) is 0 Å². The van der Waals surface area contributed by atoms with Crippen molar-refractivity contribution in [1.29, 1.82) is 0 Å². The van der Waals surface area contributed by atoms with Gasteiger partial charge in [-0.25, -0.2) is 13.1 Å². The van der Waals surface area contributed by atoms with Gasteiger partial charge in [0, 0.05) is 16.8 Å². The van der Waals surface area contributed by atoms with Crippen LogP contribution in [0, 0.1) is 5.92 Å². The number of hydrogen-bond donors (Lipinski definition) is 2. The summed E-state index contributed by atoms with van der Waals surface area (Å²) in [7, 11) is -3.61. The largest absolute Gasteiger partial charge is 0.507 e. The number of benzene rings is 2. The minimum Gasteiger partial charge on any atom is -0.507 e. The molecule has 0 aromatic heterocycles. The van der Waals surface area contributed by atoms with Crippen LogP contribution in [0.2, 0.25) is 0 Å². The molecule has 4 nitrogen and oxygen atoms in total. The Hall–Kier alpha value is -1.59. The van der Waals surface area contributed by atoms with E-state index in [1.165, 1.54) is 31.4 Å². The van der Waals surface area contributed by atoms with Gasteiger partial charge in [0.25, 0.3) is 0 Å². The van der Waals surface area contributed by atoms with Crippen molar-refractivity contribution in [3.05, 3.63) is 36.4 Å². The summed E-state index contributed by atoms with van der Waals surface area (Å²) >= 11 is 0. The van der Waals surface area contributed by atoms with E-state index in [9.17, 15) is 13.5 Å². The maximum Gasteiger partial charge on any atom is 0.241 e. The standard InChI is InChI=1S/C18H23NO3S/c1-13(14-7-3-2-4-8-14)19-23(21,22)18-12-11-17(20)15-9-5-6-10-16(15)18/h5-6,9-14,19-20H,2-4,7-8H2,1H3. The zero-order valence-corrected chi connectivity index (χ0v) is 14.1. The van der Waals surface area contributed by atoms with Crippen LogP contribution in [0.5, 0.6) is 5.75 Å². The summed E-state index contributed by atoms with van der Waals surface area (Å²) in [4.78, 5) is 0.230. The Kier molecular flexibility index (Phi) is 4.60. The minimum atomic E-state index is -3.61. The van der Waals surface area contributed by atoms with Crippen LogP contribution in [0.25, 0.3) is 10.8 Å². The Labute approximate surface area is 137 Å². The highest BCUT2D eigenvalue weighted by molar-refractivity contribution is 7.89. The molecule has 1 saturated carbocycles. The first-order valence-corrected chi connectivity index (χ1v) is 9.70. The van der Waals surface area contributed by atoms with Crippen LogP contribution in [-0.2, 0) is 10.0 Å². The van der Waals surface area contributed by atoms with Crippen molar-refractivity contribution in [2.24, 2.45) is 5.92 Å². The molecule has 2 aromatic rings. The molecule has 0 amide bonds. The van der Waals surface area contributed by atoms with E-state index in [4.69, 9.17) is 0 Å². The van der Waals surface area contributed by atoms with E-state index in [0.717, 1.165) is 12.8 Å². The molecule has 1 aliphatic rings. The van der Waals surface area contributed by atoms with Crippen LogP contribution in [0.1, 0.15) is 39.0 Å². The van der Waals surface area contributed by atoms with E-state index in [1.54, 1.807) is 24.3 Å². The number of hydrogen-bond acceptors (Lipinski definition) is 3. The fourth-order valence-electron chi connectivity index (χ4n) is 3.53. The summed E-state index contributed by atoms with van der Waals surface area (Å²) in [5.74, 6) is 0.502. The monoisotopic (exact) mass is 333 g/mol. The van der Waals surface area contributed by atoms with Crippen molar-refractivity contribution in [3.8, 4) is 5.75 Å². The SMILES string of the molecule is CC(NS(=O)(=O)c1ccc(O)c2ccccc12)C1CCCCC1. The van der Waals surface area contributed by atoms with Gasteiger partial charge < -0.3 is 5.11 Å². The molecule has 2 aromatic carbocycles. The topological polar surface area (TPSA) is 66.4 Å². The first kappa shape index (κ1) is 16.3. The molecule has 1 atom stereocenters. The summed E-state index contributed by atoms with van der Waals surface area (Å²) in [6.45, 7) is 1.95. The maximum absolute atomic E-state index is 12.8. The minimum absolute atomic E-state index is 0.0761. The number of nitrogens with one attached hydrogen (secondary N) is 1. The van der Waals surface area contributed by atoms with Gasteiger partial charge in [-0.05, 0) is 37.8 Å². The van der Waals surface area contributed by atoms with E-state index >= 15 is 0 Å². The van der Waals surface area contributed by atoms with E-state index in [1.807, 2.05) is 6.92 Å². The van der Waals surface area contributed by atoms with Gasteiger partial charge in [-0.3, -0.25) is 0 Å². The van der Waals surface area contributed by atoms with Gasteiger partial charge in [0.15, 0.2) is 0 Å². The maximum atomic E-state index is 12.8. The molecule has 5 heteroatoms. The van der Waals surface area contributed by atoms with Crippen molar-refractivity contribution >= 4 is 20.8 Å². The molecule has 1 unspecified atom stereocenters. The Morgan fingerprint density at radius 1 is 1.04 bits per heavy atom. The molecule has 0 radical (unpaired) electrons. The second-order valence-corrected chi connectivity index (χ2v) is 8.12. The van der Waals surface area contributed by atoms with E-state index < -0.39 is 10.0 Å². The number of phenolic OH excluding ortho intramolecular Hbond substituents is 1. The Morgan fingerprint density at radius 2 is 1.70 bits per heavy atom. The average molecular weight is 333 g/mol. The lowest BCUT2D eigenvalue weighted by atomic mass is 9.85. The molecule has 0 bridgehead atoms. The van der Waals surface area contributed by atoms with Crippen molar-refractivity contribution in [2.75, 3.05) is 0 Å². The summed E-state index contributed by atoms with van der Waals surface area (Å²) < 4.78 is 28.5. The molecule has 0 saturated heterocycles. The molecule has 124 valence electrons. The molecular formula is C18H23NO3S. The third-order valence-corrected chi connectivity index (χ3v) is 6.47. The summed E-state index contributed by atoms with van der Waals surface area (Å²) in [6, 6.07) is 9.88. The highest BCUT2D eigenvalue weighted by Crippen LogP contribution is 2.31. The van der Waals surface area contributed by atoms with Crippen molar-refractivity contribution in [2.45, 2.75) is 50.0 Å². The van der Waals surface area contributed by atoms with Crippen molar-refractivity contribution in [3.63, 3.8) is 0 Å². The third kappa shape index (κ3) is 3.35. The van der Waals surface area contributed by atoms with Crippen LogP contribution in [0.3, 0.4) is 0 Å². The molecule has 0 spiro atoms. The molecule has 1 fully saturated rings. The molecule has 1 aliphatic carbocycles. The van der Waals surface area contributed by atoms with E-state index in [0.29, 0.717) is 16.7 Å². The van der Waals surface area contributed by atoms with Gasteiger partial charge in [0.05, 0.1) is 4.90 Å². The molecular weight excluding hydrogens is 310 g/mol. The number of fused-ring (bicyclic) bond motifs is 1. The fraction of sp³-hybridized carbons (Fsp3) is 0.444. The van der Waals surface area contributed by atoms with Gasteiger partial charge in [-0.1, -0.05) is 43.5 Å². The van der Waals surface area contributed by atoms with Crippen LogP contribution < -0.4 is 4.72 Å². The van der Waals surface area contributed by atoms with Crippen LogP contribution in [0.15, 0.2) is 41.3 Å². The van der Waals surface area contributed by atoms with Gasteiger partial charge in [0.2, 0.25) is 10.0 Å². The Morgan fingerprint density at radius 3 is 2.39 bits per heavy atom. The van der Waals surface area contributed by atoms with Gasteiger partial charge in [0.1, 0.15) is 5.75 Å². The van der Waals surface area contributed by atoms with E-state index in [2.05, 4.69) is 4.72 Å². The number of phenols is 1. The number of sulfonamides is 1. The molecule has 0 aliphatic heterocycles. The quantitative estimate of drug-likeness (QED) is 0.894. The predicted molar refractivity (Wildman–Crippen MR) is 92.0 cm³/mol.